The summed E-state index contributed by atoms with van der Waals surface area (Å²) in [6.07, 6.45) is -8.24. The van der Waals surface area contributed by atoms with Gasteiger partial charge in [0, 0.05) is 10.6 Å². The van der Waals surface area contributed by atoms with Gasteiger partial charge in [-0.15, -0.1) is 0 Å². The van der Waals surface area contributed by atoms with Gasteiger partial charge in [-0.2, -0.15) is 18.0 Å². The van der Waals surface area contributed by atoms with Gasteiger partial charge in [-0.05, 0) is 29.2 Å². The molecule has 2 N–H and O–H groups in total. The molecule has 0 saturated carbocycles. The molecule has 0 amide bonds. The molecule has 0 spiro atoms. The monoisotopic (exact) mass is 499 g/mol. The molecular formula is C19H23ClF3N2O8-. The van der Waals surface area contributed by atoms with Crippen molar-refractivity contribution in [3.63, 3.8) is 0 Å². The molecule has 10 nitrogen and oxygen atoms in total. The third-order valence-electron chi connectivity index (χ3n) is 4.38. The maximum Gasteiger partial charge on any atom is 0.430 e. The van der Waals surface area contributed by atoms with Gasteiger partial charge in [0.2, 0.25) is 6.10 Å². The van der Waals surface area contributed by atoms with Crippen molar-refractivity contribution in [2.24, 2.45) is 0 Å². The van der Waals surface area contributed by atoms with E-state index < -0.39 is 53.5 Å². The quantitative estimate of drug-likeness (QED) is 0.313. The lowest BCUT2D eigenvalue weighted by Gasteiger charge is -2.39. The van der Waals surface area contributed by atoms with Gasteiger partial charge < -0.3 is 19.9 Å². The second kappa shape index (κ2) is 10.1. The number of halogens is 4. The molecule has 33 heavy (non-hydrogen) atoms. The van der Waals surface area contributed by atoms with Crippen molar-refractivity contribution in [1.82, 2.24) is 5.64 Å². The van der Waals surface area contributed by atoms with Crippen LogP contribution in [0.3, 0.4) is 0 Å². The molecule has 186 valence electrons. The Morgan fingerprint density at radius 3 is 2.45 bits per heavy atom. The number of benzene rings is 1. The molecule has 1 aromatic carbocycles. The maximum absolute atomic E-state index is 13.7. The number of hydrogen-bond donors (Lipinski definition) is 2. The number of hydrogen-bond acceptors (Lipinski definition) is 9. The van der Waals surface area contributed by atoms with Crippen LogP contribution in [0.15, 0.2) is 17.7 Å². The van der Waals surface area contributed by atoms with Gasteiger partial charge in [0.25, 0.3) is 0 Å². The van der Waals surface area contributed by atoms with Crippen LogP contribution in [-0.2, 0) is 24.6 Å². The summed E-state index contributed by atoms with van der Waals surface area (Å²) in [6.45, 7) is 3.97. The highest BCUT2D eigenvalue weighted by atomic mass is 35.5. The van der Waals surface area contributed by atoms with E-state index in [0.717, 1.165) is 6.08 Å². The van der Waals surface area contributed by atoms with E-state index in [4.69, 9.17) is 26.3 Å². The van der Waals surface area contributed by atoms with Crippen LogP contribution in [0.1, 0.15) is 31.9 Å². The zero-order chi connectivity index (χ0) is 25.2. The molecule has 0 radical (unpaired) electrons. The van der Waals surface area contributed by atoms with Crippen molar-refractivity contribution in [1.29, 1.82) is 0 Å². The molecule has 2 atom stereocenters. The minimum atomic E-state index is -4.99. The van der Waals surface area contributed by atoms with Gasteiger partial charge >= 0.3 is 12.1 Å². The Labute approximate surface area is 192 Å². The van der Waals surface area contributed by atoms with E-state index in [9.17, 15) is 28.4 Å². The van der Waals surface area contributed by atoms with Crippen LogP contribution in [0.2, 0.25) is 5.02 Å². The van der Waals surface area contributed by atoms with Crippen LogP contribution in [-0.4, -0.2) is 54.8 Å². The molecule has 0 aliphatic carbocycles. The van der Waals surface area contributed by atoms with Crippen LogP contribution in [0.5, 0.6) is 5.75 Å². The molecule has 2 rings (SSSR count). The van der Waals surface area contributed by atoms with E-state index in [-0.39, 0.29) is 16.3 Å². The van der Waals surface area contributed by atoms with Crippen molar-refractivity contribution in [2.45, 2.75) is 44.6 Å². The molecular weight excluding hydrogens is 477 g/mol. The Morgan fingerprint density at radius 1 is 1.30 bits per heavy atom. The highest BCUT2D eigenvalue weighted by Gasteiger charge is 2.49. The summed E-state index contributed by atoms with van der Waals surface area (Å²) in [4.78, 5) is 18.9. The van der Waals surface area contributed by atoms with E-state index in [2.05, 4.69) is 9.68 Å². The molecule has 14 heteroatoms. The first-order valence-electron chi connectivity index (χ1n) is 9.47. The van der Waals surface area contributed by atoms with Crippen LogP contribution in [0.25, 0.3) is 6.08 Å². The molecule has 1 aliphatic rings. The molecule has 0 fully saturated rings. The SMILES string of the molecule is CC(C)(C)c1cc2c(cc1Cl)C=C(C(=O)OC(CONO)CO[N+](C)([O-])[O-])[C@@H](C(F)(F)F)O2. The van der Waals surface area contributed by atoms with Gasteiger partial charge in [-0.3, -0.25) is 10.0 Å². The highest BCUT2D eigenvalue weighted by molar-refractivity contribution is 6.31. The number of hydroxylamine groups is 3. The van der Waals surface area contributed by atoms with Crippen molar-refractivity contribution in [3.8, 4) is 5.75 Å². The minimum Gasteiger partial charge on any atom is -0.598 e. The Bertz CT molecular complexity index is 897. The lowest BCUT2D eigenvalue weighted by Crippen LogP contribution is -2.43. The summed E-state index contributed by atoms with van der Waals surface area (Å²) in [7, 11) is 0.577. The first-order chi connectivity index (χ1) is 15.0. The number of nitrogens with zero attached hydrogens (tertiary/aromatic N) is 1. The van der Waals surface area contributed by atoms with Crippen molar-refractivity contribution < 1.29 is 47.3 Å². The van der Waals surface area contributed by atoms with E-state index in [1.54, 1.807) is 0 Å². The second-order valence-corrected chi connectivity index (χ2v) is 8.66. The van der Waals surface area contributed by atoms with E-state index in [1.165, 1.54) is 17.8 Å². The van der Waals surface area contributed by atoms with Gasteiger partial charge in [0.1, 0.15) is 19.0 Å². The third-order valence-corrected chi connectivity index (χ3v) is 4.69. The van der Waals surface area contributed by atoms with Crippen LogP contribution < -0.4 is 10.4 Å². The van der Waals surface area contributed by atoms with Gasteiger partial charge in [-0.1, -0.05) is 38.0 Å². The average Bonchev–Trinajstić information content (AvgIpc) is 2.66. The van der Waals surface area contributed by atoms with Gasteiger partial charge in [0.05, 0.1) is 12.6 Å². The number of fused-ring (bicyclic) bond motifs is 1. The number of quaternary nitrogens is 1. The smallest absolute Gasteiger partial charge is 0.430 e. The minimum absolute atomic E-state index is 0.116. The molecule has 1 aromatic rings. The first kappa shape index (κ1) is 27.3. The molecule has 0 aromatic heterocycles. The number of nitrogens with one attached hydrogen (secondary N) is 1. The normalized spacial score (nSPS) is 17.7. The lowest BCUT2D eigenvalue weighted by molar-refractivity contribution is -1.01. The second-order valence-electron chi connectivity index (χ2n) is 8.26. The standard InChI is InChI=1S/C19H23ClF3N2O8/c1-18(2,3)13-7-15-10(6-14(13)20)5-12(16(33-15)19(21,22)23)17(26)32-11(8-30-24-27)9-31-25(4,28)29/h5-7,11,16,24,27H,8-9H2,1-4H3/q-1/t11?,16-/m0/s1. The Hall–Kier alpha value is -1.97. The Balaban J connectivity index is 2.40. The van der Waals surface area contributed by atoms with E-state index in [0.29, 0.717) is 12.6 Å². The number of alkyl halides is 3. The fourth-order valence-corrected chi connectivity index (χ4v) is 3.34. The number of esters is 1. The van der Waals surface area contributed by atoms with Gasteiger partial charge in [0.15, 0.2) is 6.10 Å². The Morgan fingerprint density at radius 2 is 1.94 bits per heavy atom. The van der Waals surface area contributed by atoms with Crippen LogP contribution in [0, 0.1) is 10.4 Å². The summed E-state index contributed by atoms with van der Waals surface area (Å²) in [6, 6.07) is 2.75. The van der Waals surface area contributed by atoms with Crippen molar-refractivity contribution in [2.75, 3.05) is 20.3 Å². The summed E-state index contributed by atoms with van der Waals surface area (Å²) in [5, 5.41) is 30.9. The van der Waals surface area contributed by atoms with Crippen molar-refractivity contribution in [3.05, 3.63) is 44.3 Å². The number of carbonyl (C=O) groups is 1. The molecule has 0 saturated heterocycles. The van der Waals surface area contributed by atoms with E-state index >= 15 is 0 Å². The topological polar surface area (TPSA) is 132 Å². The molecule has 0 bridgehead atoms. The molecule has 1 heterocycles. The zero-order valence-electron chi connectivity index (χ0n) is 18.1. The largest absolute Gasteiger partial charge is 0.598 e. The van der Waals surface area contributed by atoms with E-state index in [1.807, 2.05) is 20.8 Å². The van der Waals surface area contributed by atoms with Crippen LogP contribution >= 0.6 is 11.6 Å². The highest BCUT2D eigenvalue weighted by Crippen LogP contribution is 2.42. The predicted molar refractivity (Wildman–Crippen MR) is 108 cm³/mol. The third kappa shape index (κ3) is 7.52. The fourth-order valence-electron chi connectivity index (χ4n) is 2.89. The molecule has 1 unspecified atom stereocenters. The van der Waals surface area contributed by atoms with Crippen LogP contribution in [0.4, 0.5) is 13.2 Å². The number of rotatable bonds is 8. The van der Waals surface area contributed by atoms with Gasteiger partial charge in [-0.25, -0.2) is 9.77 Å². The molecule has 1 aliphatic heterocycles. The zero-order valence-corrected chi connectivity index (χ0v) is 18.8. The maximum atomic E-state index is 13.7. The Kier molecular flexibility index (Phi) is 8.36. The summed E-state index contributed by atoms with van der Waals surface area (Å²) < 4.78 is 51.2. The summed E-state index contributed by atoms with van der Waals surface area (Å²) >= 11 is 6.28. The fraction of sp³-hybridized carbons (Fsp3) is 0.526. The average molecular weight is 500 g/mol. The first-order valence-corrected chi connectivity index (χ1v) is 9.84. The summed E-state index contributed by atoms with van der Waals surface area (Å²) in [5.41, 5.74) is 0.544. The number of ether oxygens (including phenoxy) is 2. The van der Waals surface area contributed by atoms with Crippen molar-refractivity contribution >= 4 is 23.6 Å². The number of carbonyl (C=O) groups excluding carboxylic acids is 1. The lowest BCUT2D eigenvalue weighted by atomic mass is 9.85. The predicted octanol–water partition coefficient (Wildman–Crippen LogP) is 3.54. The summed E-state index contributed by atoms with van der Waals surface area (Å²) in [5.74, 6) is -1.60.